The number of rotatable bonds is 6. The van der Waals surface area contributed by atoms with Gasteiger partial charge in [0, 0.05) is 6.54 Å². The summed E-state index contributed by atoms with van der Waals surface area (Å²) in [7, 11) is 1.35. The Morgan fingerprint density at radius 1 is 1.38 bits per heavy atom. The molecule has 21 heavy (non-hydrogen) atoms. The van der Waals surface area contributed by atoms with Gasteiger partial charge in [0.15, 0.2) is 0 Å². The summed E-state index contributed by atoms with van der Waals surface area (Å²) in [4.78, 5) is 24.6. The fourth-order valence-corrected chi connectivity index (χ4v) is 2.93. The van der Waals surface area contributed by atoms with Gasteiger partial charge in [-0.2, -0.15) is 0 Å². The molecule has 0 spiro atoms. The van der Waals surface area contributed by atoms with Crippen molar-refractivity contribution < 1.29 is 14.3 Å². The molecular formula is C16H30N2O3. The summed E-state index contributed by atoms with van der Waals surface area (Å²) in [6.45, 7) is 6.47. The summed E-state index contributed by atoms with van der Waals surface area (Å²) >= 11 is 0. The van der Waals surface area contributed by atoms with Crippen LogP contribution in [-0.4, -0.2) is 31.6 Å². The van der Waals surface area contributed by atoms with Crippen LogP contribution in [0.5, 0.6) is 0 Å². The van der Waals surface area contributed by atoms with Crippen LogP contribution >= 0.6 is 0 Å². The first-order valence-electron chi connectivity index (χ1n) is 7.99. The summed E-state index contributed by atoms with van der Waals surface area (Å²) in [6, 6.07) is -0.588. The first-order valence-corrected chi connectivity index (χ1v) is 7.99. The van der Waals surface area contributed by atoms with Crippen LogP contribution in [0.2, 0.25) is 0 Å². The van der Waals surface area contributed by atoms with E-state index in [9.17, 15) is 9.59 Å². The van der Waals surface area contributed by atoms with Crippen molar-refractivity contribution in [1.29, 1.82) is 0 Å². The van der Waals surface area contributed by atoms with Crippen molar-refractivity contribution >= 4 is 11.9 Å². The number of hydrogen-bond acceptors (Lipinski definition) is 4. The number of methoxy groups -OCH3 is 1. The fourth-order valence-electron chi connectivity index (χ4n) is 2.93. The topological polar surface area (TPSA) is 81.4 Å². The van der Waals surface area contributed by atoms with E-state index < -0.39 is 11.5 Å². The molecule has 2 unspecified atom stereocenters. The average molecular weight is 298 g/mol. The van der Waals surface area contributed by atoms with E-state index in [1.165, 1.54) is 7.11 Å². The van der Waals surface area contributed by atoms with Crippen LogP contribution in [0.15, 0.2) is 0 Å². The molecule has 0 aromatic carbocycles. The molecule has 1 fully saturated rings. The lowest BCUT2D eigenvalue weighted by Crippen LogP contribution is -2.54. The molecule has 0 heterocycles. The minimum absolute atomic E-state index is 0.0405. The lowest BCUT2D eigenvalue weighted by molar-refractivity contribution is -0.148. The third kappa shape index (κ3) is 4.19. The molecule has 1 rings (SSSR count). The van der Waals surface area contributed by atoms with Crippen LogP contribution in [0.1, 0.15) is 52.9 Å². The van der Waals surface area contributed by atoms with Gasteiger partial charge >= 0.3 is 5.97 Å². The van der Waals surface area contributed by atoms with Gasteiger partial charge in [0.25, 0.3) is 0 Å². The summed E-state index contributed by atoms with van der Waals surface area (Å²) < 4.78 is 4.82. The number of carbonyl (C=O) groups excluding carboxylic acids is 2. The van der Waals surface area contributed by atoms with Crippen molar-refractivity contribution in [3.8, 4) is 0 Å². The Labute approximate surface area is 128 Å². The minimum atomic E-state index is -0.588. The third-order valence-corrected chi connectivity index (χ3v) is 5.06. The maximum Gasteiger partial charge on any atom is 0.328 e. The molecule has 0 radical (unpaired) electrons. The Morgan fingerprint density at radius 3 is 2.38 bits per heavy atom. The molecule has 1 saturated carbocycles. The van der Waals surface area contributed by atoms with E-state index in [1.807, 2.05) is 13.8 Å². The Balaban J connectivity index is 2.82. The molecule has 2 atom stereocenters. The highest BCUT2D eigenvalue weighted by Crippen LogP contribution is 2.38. The molecule has 1 aliphatic carbocycles. The van der Waals surface area contributed by atoms with Gasteiger partial charge in [-0.05, 0) is 37.5 Å². The molecule has 0 aliphatic heterocycles. The van der Waals surface area contributed by atoms with Gasteiger partial charge in [-0.3, -0.25) is 4.79 Å². The zero-order valence-electron chi connectivity index (χ0n) is 13.8. The van der Waals surface area contributed by atoms with E-state index in [0.717, 1.165) is 32.1 Å². The summed E-state index contributed by atoms with van der Waals surface area (Å²) in [5.41, 5.74) is 5.38. The minimum Gasteiger partial charge on any atom is -0.467 e. The van der Waals surface area contributed by atoms with Gasteiger partial charge in [0.1, 0.15) is 6.04 Å². The molecule has 0 aromatic heterocycles. The Hall–Kier alpha value is -1.10. The highest BCUT2D eigenvalue weighted by Gasteiger charge is 2.41. The predicted molar refractivity (Wildman–Crippen MR) is 82.5 cm³/mol. The number of amides is 1. The van der Waals surface area contributed by atoms with E-state index in [-0.39, 0.29) is 17.8 Å². The van der Waals surface area contributed by atoms with Crippen molar-refractivity contribution in [3.63, 3.8) is 0 Å². The number of nitrogens with two attached hydrogens (primary N) is 1. The largest absolute Gasteiger partial charge is 0.467 e. The Bertz CT molecular complexity index is 363. The molecule has 0 saturated heterocycles. The number of ether oxygens (including phenoxy) is 1. The van der Waals surface area contributed by atoms with Gasteiger partial charge in [0.2, 0.25) is 5.91 Å². The zero-order chi connectivity index (χ0) is 16.0. The molecule has 5 heteroatoms. The van der Waals surface area contributed by atoms with Gasteiger partial charge in [0.05, 0.1) is 12.5 Å². The second-order valence-electron chi connectivity index (χ2n) is 6.53. The third-order valence-electron chi connectivity index (χ3n) is 5.06. The standard InChI is InChI=1S/C16H30N2O3/c1-5-12(3)13(14(19)21-4)18-15(20)16(10-17)8-6-11(2)7-9-16/h11-13H,5-10,17H2,1-4H3,(H,18,20). The number of esters is 1. The second kappa shape index (κ2) is 7.78. The van der Waals surface area contributed by atoms with Gasteiger partial charge < -0.3 is 15.8 Å². The van der Waals surface area contributed by atoms with Crippen LogP contribution in [0.4, 0.5) is 0 Å². The van der Waals surface area contributed by atoms with Crippen molar-refractivity contribution in [3.05, 3.63) is 0 Å². The molecule has 5 nitrogen and oxygen atoms in total. The summed E-state index contributed by atoms with van der Waals surface area (Å²) in [5.74, 6) is 0.212. The SMILES string of the molecule is CCC(C)C(NC(=O)C1(CN)CCC(C)CC1)C(=O)OC. The molecule has 1 aliphatic rings. The van der Waals surface area contributed by atoms with Crippen LogP contribution in [0.25, 0.3) is 0 Å². The number of nitrogens with one attached hydrogen (secondary N) is 1. The first kappa shape index (κ1) is 18.0. The normalized spacial score (nSPS) is 28.5. The number of hydrogen-bond donors (Lipinski definition) is 2. The molecule has 1 amide bonds. The Kier molecular flexibility index (Phi) is 6.65. The second-order valence-corrected chi connectivity index (χ2v) is 6.53. The van der Waals surface area contributed by atoms with E-state index in [1.54, 1.807) is 0 Å². The zero-order valence-corrected chi connectivity index (χ0v) is 13.8. The van der Waals surface area contributed by atoms with Crippen molar-refractivity contribution in [2.75, 3.05) is 13.7 Å². The van der Waals surface area contributed by atoms with E-state index in [2.05, 4.69) is 12.2 Å². The van der Waals surface area contributed by atoms with E-state index in [0.29, 0.717) is 12.5 Å². The lowest BCUT2D eigenvalue weighted by atomic mass is 9.70. The van der Waals surface area contributed by atoms with Crippen LogP contribution in [0, 0.1) is 17.3 Å². The maximum atomic E-state index is 12.7. The predicted octanol–water partition coefficient (Wildman–Crippen LogP) is 1.85. The highest BCUT2D eigenvalue weighted by atomic mass is 16.5. The molecular weight excluding hydrogens is 268 g/mol. The summed E-state index contributed by atoms with van der Waals surface area (Å²) in [6.07, 6.45) is 4.41. The van der Waals surface area contributed by atoms with Crippen LogP contribution < -0.4 is 11.1 Å². The average Bonchev–Trinajstić information content (AvgIpc) is 2.51. The quantitative estimate of drug-likeness (QED) is 0.733. The molecule has 0 bridgehead atoms. The van der Waals surface area contributed by atoms with Crippen molar-refractivity contribution in [1.82, 2.24) is 5.32 Å². The molecule has 0 aromatic rings. The fraction of sp³-hybridized carbons (Fsp3) is 0.875. The smallest absolute Gasteiger partial charge is 0.328 e. The van der Waals surface area contributed by atoms with Crippen LogP contribution in [-0.2, 0) is 14.3 Å². The van der Waals surface area contributed by atoms with Gasteiger partial charge in [-0.1, -0.05) is 27.2 Å². The Morgan fingerprint density at radius 2 is 1.95 bits per heavy atom. The lowest BCUT2D eigenvalue weighted by Gasteiger charge is -2.38. The summed E-state index contributed by atoms with van der Waals surface area (Å²) in [5, 5.41) is 2.90. The molecule has 122 valence electrons. The first-order chi connectivity index (χ1) is 9.90. The highest BCUT2D eigenvalue weighted by molar-refractivity contribution is 5.88. The van der Waals surface area contributed by atoms with Crippen molar-refractivity contribution in [2.45, 2.75) is 58.9 Å². The van der Waals surface area contributed by atoms with E-state index >= 15 is 0 Å². The molecule has 3 N–H and O–H groups in total. The van der Waals surface area contributed by atoms with Crippen LogP contribution in [0.3, 0.4) is 0 Å². The van der Waals surface area contributed by atoms with E-state index in [4.69, 9.17) is 10.5 Å². The maximum absolute atomic E-state index is 12.7. The van der Waals surface area contributed by atoms with Crippen molar-refractivity contribution in [2.24, 2.45) is 23.0 Å². The van der Waals surface area contributed by atoms with Gasteiger partial charge in [-0.15, -0.1) is 0 Å². The van der Waals surface area contributed by atoms with Gasteiger partial charge in [-0.25, -0.2) is 4.79 Å². The number of carbonyl (C=O) groups is 2. The monoisotopic (exact) mass is 298 g/mol.